The minimum atomic E-state index is 0.258. The maximum absolute atomic E-state index is 9.00. The number of anilines is 1. The summed E-state index contributed by atoms with van der Waals surface area (Å²) < 4.78 is 10.9. The molecule has 25 heavy (non-hydrogen) atoms. The average molecular weight is 333 g/mol. The second kappa shape index (κ2) is 7.75. The molecule has 1 N–H and O–H groups in total. The first kappa shape index (κ1) is 16.2. The highest BCUT2D eigenvalue weighted by Crippen LogP contribution is 2.23. The number of nitrogens with zero attached hydrogens (tertiary/aromatic N) is 4. The lowest BCUT2D eigenvalue weighted by molar-refractivity contribution is 0.407. The molecule has 0 aliphatic rings. The number of hydrogen-bond acceptors (Lipinski definition) is 7. The van der Waals surface area contributed by atoms with Crippen molar-refractivity contribution in [3.63, 3.8) is 0 Å². The Balaban J connectivity index is 1.63. The van der Waals surface area contributed by atoms with Crippen molar-refractivity contribution in [1.82, 2.24) is 15.0 Å². The first-order chi connectivity index (χ1) is 12.3. The Morgan fingerprint density at radius 2 is 1.92 bits per heavy atom. The van der Waals surface area contributed by atoms with Crippen molar-refractivity contribution in [2.75, 3.05) is 12.4 Å². The smallest absolute Gasteiger partial charge is 0.219 e. The quantitative estimate of drug-likeness (QED) is 0.740. The average Bonchev–Trinajstić information content (AvgIpc) is 2.68. The zero-order valence-corrected chi connectivity index (χ0v) is 13.5. The first-order valence-corrected chi connectivity index (χ1v) is 7.50. The predicted octanol–water partition coefficient (Wildman–Crippen LogP) is 3.16. The number of methoxy groups -OCH3 is 1. The van der Waals surface area contributed by atoms with Crippen molar-refractivity contribution in [3.8, 4) is 23.4 Å². The molecule has 1 aromatic carbocycles. The van der Waals surface area contributed by atoms with Crippen molar-refractivity contribution in [1.29, 1.82) is 5.26 Å². The lowest BCUT2D eigenvalue weighted by atomic mass is 10.3. The maximum Gasteiger partial charge on any atom is 0.219 e. The summed E-state index contributed by atoms with van der Waals surface area (Å²) in [5.74, 6) is 2.29. The molecule has 0 bridgehead atoms. The molecule has 7 nitrogen and oxygen atoms in total. The number of nitriles is 1. The van der Waals surface area contributed by atoms with Gasteiger partial charge in [0.15, 0.2) is 11.5 Å². The van der Waals surface area contributed by atoms with Crippen molar-refractivity contribution >= 4 is 5.82 Å². The molecule has 0 saturated heterocycles. The first-order valence-electron chi connectivity index (χ1n) is 7.50. The van der Waals surface area contributed by atoms with Gasteiger partial charge in [-0.05, 0) is 17.7 Å². The summed E-state index contributed by atoms with van der Waals surface area (Å²) in [5.41, 5.74) is 1.18. The van der Waals surface area contributed by atoms with Crippen LogP contribution in [0.4, 0.5) is 5.82 Å². The topological polar surface area (TPSA) is 93.0 Å². The zero-order chi connectivity index (χ0) is 17.5. The fourth-order valence-electron chi connectivity index (χ4n) is 2.10. The van der Waals surface area contributed by atoms with Gasteiger partial charge in [0.1, 0.15) is 17.6 Å². The zero-order valence-electron chi connectivity index (χ0n) is 13.5. The Hall–Kier alpha value is -3.66. The molecule has 124 valence electrons. The molecule has 0 amide bonds. The standard InChI is InChI=1S/C18H15N5O2/c1-24-14-3-2-4-15(9-14)25-17-6-5-13(11-22-17)12-23-18-16(10-19)20-7-8-21-18/h2-9,11H,12H2,1H3,(H,21,23). The Kier molecular flexibility index (Phi) is 5.02. The Morgan fingerprint density at radius 1 is 1.08 bits per heavy atom. The molecule has 3 aromatic rings. The molecule has 2 heterocycles. The summed E-state index contributed by atoms with van der Waals surface area (Å²) >= 11 is 0. The molecular formula is C18H15N5O2. The van der Waals surface area contributed by atoms with Crippen LogP contribution in [0.3, 0.4) is 0 Å². The lowest BCUT2D eigenvalue weighted by Crippen LogP contribution is -2.04. The SMILES string of the molecule is COc1cccc(Oc2ccc(CNc3nccnc3C#N)cn2)c1. The van der Waals surface area contributed by atoms with E-state index in [-0.39, 0.29) is 5.69 Å². The van der Waals surface area contributed by atoms with Gasteiger partial charge in [0, 0.05) is 37.3 Å². The van der Waals surface area contributed by atoms with Crippen LogP contribution in [0.1, 0.15) is 11.3 Å². The highest BCUT2D eigenvalue weighted by Gasteiger charge is 2.05. The van der Waals surface area contributed by atoms with Gasteiger partial charge in [0.25, 0.3) is 0 Å². The highest BCUT2D eigenvalue weighted by molar-refractivity contribution is 5.47. The van der Waals surface area contributed by atoms with E-state index in [1.165, 1.54) is 12.4 Å². The lowest BCUT2D eigenvalue weighted by Gasteiger charge is -2.08. The van der Waals surface area contributed by atoms with E-state index < -0.39 is 0 Å². The molecule has 0 atom stereocenters. The summed E-state index contributed by atoms with van der Waals surface area (Å²) in [5, 5.41) is 12.1. The van der Waals surface area contributed by atoms with Crippen LogP contribution >= 0.6 is 0 Å². The highest BCUT2D eigenvalue weighted by atomic mass is 16.5. The van der Waals surface area contributed by atoms with Gasteiger partial charge in [0.2, 0.25) is 5.88 Å². The molecule has 2 aromatic heterocycles. The Bertz CT molecular complexity index is 890. The van der Waals surface area contributed by atoms with Crippen LogP contribution < -0.4 is 14.8 Å². The van der Waals surface area contributed by atoms with Crippen molar-refractivity contribution in [2.45, 2.75) is 6.54 Å². The molecule has 0 saturated carbocycles. The predicted molar refractivity (Wildman–Crippen MR) is 91.4 cm³/mol. The summed E-state index contributed by atoms with van der Waals surface area (Å²) in [6.07, 6.45) is 4.72. The van der Waals surface area contributed by atoms with E-state index in [2.05, 4.69) is 20.3 Å². The third kappa shape index (κ3) is 4.20. The van der Waals surface area contributed by atoms with Gasteiger partial charge in [-0.15, -0.1) is 0 Å². The molecule has 0 unspecified atom stereocenters. The summed E-state index contributed by atoms with van der Waals surface area (Å²) in [7, 11) is 1.61. The molecule has 0 aliphatic carbocycles. The summed E-state index contributed by atoms with van der Waals surface area (Å²) in [6.45, 7) is 0.472. The number of hydrogen-bond donors (Lipinski definition) is 1. The Morgan fingerprint density at radius 3 is 2.68 bits per heavy atom. The number of nitrogens with one attached hydrogen (secondary N) is 1. The number of aromatic nitrogens is 3. The van der Waals surface area contributed by atoms with Crippen LogP contribution in [0.15, 0.2) is 55.0 Å². The van der Waals surface area contributed by atoms with E-state index >= 15 is 0 Å². The van der Waals surface area contributed by atoms with Gasteiger partial charge in [-0.1, -0.05) is 12.1 Å². The molecule has 0 fully saturated rings. The van der Waals surface area contributed by atoms with Crippen molar-refractivity contribution in [3.05, 3.63) is 66.2 Å². The molecule has 0 spiro atoms. The van der Waals surface area contributed by atoms with E-state index in [9.17, 15) is 0 Å². The molecule has 3 rings (SSSR count). The minimum Gasteiger partial charge on any atom is -0.497 e. The van der Waals surface area contributed by atoms with E-state index in [0.717, 1.165) is 11.3 Å². The number of benzene rings is 1. The third-order valence-corrected chi connectivity index (χ3v) is 3.33. The van der Waals surface area contributed by atoms with Gasteiger partial charge in [0.05, 0.1) is 7.11 Å². The summed E-state index contributed by atoms with van der Waals surface area (Å²) in [6, 6.07) is 13.0. The number of rotatable bonds is 6. The largest absolute Gasteiger partial charge is 0.497 e. The van der Waals surface area contributed by atoms with Gasteiger partial charge in [-0.3, -0.25) is 0 Å². The van der Waals surface area contributed by atoms with Crippen molar-refractivity contribution in [2.24, 2.45) is 0 Å². The fraction of sp³-hybridized carbons (Fsp3) is 0.111. The normalized spacial score (nSPS) is 9.92. The third-order valence-electron chi connectivity index (χ3n) is 3.33. The van der Waals surface area contributed by atoms with E-state index in [4.69, 9.17) is 14.7 Å². The van der Waals surface area contributed by atoms with Crippen LogP contribution in [0.5, 0.6) is 17.4 Å². The molecule has 0 aliphatic heterocycles. The van der Waals surface area contributed by atoms with Crippen LogP contribution in [0.25, 0.3) is 0 Å². The van der Waals surface area contributed by atoms with Gasteiger partial charge in [-0.25, -0.2) is 15.0 Å². The monoisotopic (exact) mass is 333 g/mol. The molecular weight excluding hydrogens is 318 g/mol. The Labute approximate surface area is 144 Å². The van der Waals surface area contributed by atoms with Gasteiger partial charge in [-0.2, -0.15) is 5.26 Å². The van der Waals surface area contributed by atoms with Crippen LogP contribution in [0.2, 0.25) is 0 Å². The van der Waals surface area contributed by atoms with Crippen LogP contribution in [0, 0.1) is 11.3 Å². The van der Waals surface area contributed by atoms with E-state index in [0.29, 0.717) is 24.0 Å². The van der Waals surface area contributed by atoms with Crippen LogP contribution in [-0.2, 0) is 6.54 Å². The second-order valence-electron chi connectivity index (χ2n) is 5.00. The summed E-state index contributed by atoms with van der Waals surface area (Å²) in [4.78, 5) is 12.3. The number of pyridine rings is 1. The minimum absolute atomic E-state index is 0.258. The van der Waals surface area contributed by atoms with E-state index in [1.807, 2.05) is 30.3 Å². The second-order valence-corrected chi connectivity index (χ2v) is 5.00. The molecule has 7 heteroatoms. The van der Waals surface area contributed by atoms with Crippen LogP contribution in [-0.4, -0.2) is 22.1 Å². The maximum atomic E-state index is 9.00. The van der Waals surface area contributed by atoms with Gasteiger partial charge >= 0.3 is 0 Å². The van der Waals surface area contributed by atoms with Gasteiger partial charge < -0.3 is 14.8 Å². The van der Waals surface area contributed by atoms with Crippen molar-refractivity contribution < 1.29 is 9.47 Å². The fourth-order valence-corrected chi connectivity index (χ4v) is 2.10. The molecule has 0 radical (unpaired) electrons. The number of ether oxygens (including phenoxy) is 2. The van der Waals surface area contributed by atoms with E-state index in [1.54, 1.807) is 25.4 Å².